The van der Waals surface area contributed by atoms with Gasteiger partial charge in [0.25, 0.3) is 5.69 Å². The average molecular weight is 405 g/mol. The second kappa shape index (κ2) is 6.32. The van der Waals surface area contributed by atoms with Gasteiger partial charge in [0, 0.05) is 17.0 Å². The summed E-state index contributed by atoms with van der Waals surface area (Å²) in [6.07, 6.45) is 0. The zero-order valence-corrected chi connectivity index (χ0v) is 13.1. The Bertz CT molecular complexity index is 664. The van der Waals surface area contributed by atoms with E-state index in [9.17, 15) is 14.5 Å². The fourth-order valence-electron chi connectivity index (χ4n) is 1.60. The molecule has 0 aromatic heterocycles. The molecule has 0 fully saturated rings. The van der Waals surface area contributed by atoms with Gasteiger partial charge in [-0.25, -0.2) is 4.39 Å². The van der Waals surface area contributed by atoms with E-state index in [2.05, 4.69) is 31.9 Å². The second-order valence-electron chi connectivity index (χ2n) is 3.80. The van der Waals surface area contributed by atoms with Gasteiger partial charge in [0.2, 0.25) is 0 Å². The molecule has 0 N–H and O–H groups in total. The number of benzene rings is 2. The minimum Gasteiger partial charge on any atom is -0.455 e. The molecule has 2 aromatic carbocycles. The molecule has 0 radical (unpaired) electrons. The maximum atomic E-state index is 13.6. The largest absolute Gasteiger partial charge is 0.455 e. The summed E-state index contributed by atoms with van der Waals surface area (Å²) < 4.78 is 19.4. The third-order valence-electron chi connectivity index (χ3n) is 2.57. The zero-order chi connectivity index (χ0) is 14.7. The Balaban J connectivity index is 2.43. The number of alkyl halides is 1. The fraction of sp³-hybridized carbons (Fsp3) is 0.0769. The normalized spacial score (nSPS) is 10.3. The van der Waals surface area contributed by atoms with Crippen LogP contribution in [0, 0.1) is 15.9 Å². The highest BCUT2D eigenvalue weighted by molar-refractivity contribution is 9.10. The number of halogens is 3. The summed E-state index contributed by atoms with van der Waals surface area (Å²) in [4.78, 5) is 10.3. The summed E-state index contributed by atoms with van der Waals surface area (Å²) in [6.45, 7) is 0. The Kier molecular flexibility index (Phi) is 4.72. The van der Waals surface area contributed by atoms with Crippen LogP contribution >= 0.6 is 31.9 Å². The Labute approximate surface area is 131 Å². The zero-order valence-electron chi connectivity index (χ0n) is 9.98. The number of rotatable bonds is 4. The van der Waals surface area contributed by atoms with Crippen LogP contribution in [0.15, 0.2) is 40.9 Å². The van der Waals surface area contributed by atoms with E-state index in [1.807, 2.05) is 0 Å². The van der Waals surface area contributed by atoms with Crippen LogP contribution in [0.3, 0.4) is 0 Å². The molecule has 0 heterocycles. The summed E-state index contributed by atoms with van der Waals surface area (Å²) in [7, 11) is 0. The van der Waals surface area contributed by atoms with Crippen LogP contribution in [0.2, 0.25) is 0 Å². The van der Waals surface area contributed by atoms with Gasteiger partial charge in [0.05, 0.1) is 4.92 Å². The molecule has 0 amide bonds. The Morgan fingerprint density at radius 2 is 1.85 bits per heavy atom. The van der Waals surface area contributed by atoms with Crippen molar-refractivity contribution in [2.75, 3.05) is 0 Å². The van der Waals surface area contributed by atoms with Crippen molar-refractivity contribution in [3.05, 3.63) is 62.4 Å². The molecular formula is C13H8Br2FNO3. The third kappa shape index (κ3) is 2.99. The number of ether oxygens (including phenoxy) is 1. The number of nitro groups is 1. The summed E-state index contributed by atoms with van der Waals surface area (Å²) in [5.41, 5.74) is 0.241. The minimum atomic E-state index is -0.520. The fourth-order valence-corrected chi connectivity index (χ4v) is 2.64. The molecule has 0 bridgehead atoms. The number of hydrogen-bond donors (Lipinski definition) is 0. The van der Waals surface area contributed by atoms with Gasteiger partial charge >= 0.3 is 0 Å². The van der Waals surface area contributed by atoms with Crippen molar-refractivity contribution < 1.29 is 14.1 Å². The molecule has 0 saturated heterocycles. The molecule has 0 atom stereocenters. The molecule has 0 saturated carbocycles. The monoisotopic (exact) mass is 403 g/mol. The van der Waals surface area contributed by atoms with Gasteiger partial charge < -0.3 is 4.74 Å². The summed E-state index contributed by atoms with van der Waals surface area (Å²) in [6, 6.07) is 8.87. The van der Waals surface area contributed by atoms with Crippen LogP contribution in [-0.4, -0.2) is 4.92 Å². The van der Waals surface area contributed by atoms with E-state index in [1.165, 1.54) is 24.3 Å². The summed E-state index contributed by atoms with van der Waals surface area (Å²) >= 11 is 6.32. The molecule has 0 spiro atoms. The molecule has 7 heteroatoms. The Morgan fingerprint density at radius 1 is 1.20 bits per heavy atom. The molecule has 0 aliphatic heterocycles. The SMILES string of the molecule is O=[N+]([O-])c1cccc(Oc2cccc(F)c2CBr)c1Br. The van der Waals surface area contributed by atoms with Gasteiger partial charge in [-0.1, -0.05) is 28.1 Å². The lowest BCUT2D eigenvalue weighted by Crippen LogP contribution is -1.95. The molecule has 0 unspecified atom stereocenters. The van der Waals surface area contributed by atoms with Crippen LogP contribution in [0.4, 0.5) is 10.1 Å². The maximum Gasteiger partial charge on any atom is 0.287 e. The lowest BCUT2D eigenvalue weighted by molar-refractivity contribution is -0.385. The van der Waals surface area contributed by atoms with Crippen molar-refractivity contribution in [2.45, 2.75) is 5.33 Å². The smallest absolute Gasteiger partial charge is 0.287 e. The minimum absolute atomic E-state index is 0.112. The van der Waals surface area contributed by atoms with E-state index in [0.29, 0.717) is 11.3 Å². The predicted octanol–water partition coefficient (Wildman–Crippen LogP) is 5.18. The first-order chi connectivity index (χ1) is 9.54. The van der Waals surface area contributed by atoms with Gasteiger partial charge in [0.15, 0.2) is 0 Å². The van der Waals surface area contributed by atoms with Crippen molar-refractivity contribution in [3.63, 3.8) is 0 Å². The van der Waals surface area contributed by atoms with Crippen LogP contribution in [0.25, 0.3) is 0 Å². The van der Waals surface area contributed by atoms with E-state index in [4.69, 9.17) is 4.74 Å². The van der Waals surface area contributed by atoms with Crippen molar-refractivity contribution in [1.82, 2.24) is 0 Å². The first kappa shape index (κ1) is 14.9. The first-order valence-corrected chi connectivity index (χ1v) is 7.40. The standard InChI is InChI=1S/C13H8Br2FNO3/c14-7-8-9(16)3-1-5-11(8)20-12-6-2-4-10(13(12)15)17(18)19/h1-6H,7H2. The van der Waals surface area contributed by atoms with E-state index in [-0.39, 0.29) is 21.2 Å². The Hall–Kier alpha value is -1.47. The predicted molar refractivity (Wildman–Crippen MR) is 79.9 cm³/mol. The highest BCUT2D eigenvalue weighted by Crippen LogP contribution is 2.38. The van der Waals surface area contributed by atoms with Crippen LogP contribution in [0.5, 0.6) is 11.5 Å². The number of nitro benzene ring substituents is 1. The molecule has 0 aliphatic rings. The molecule has 0 aliphatic carbocycles. The second-order valence-corrected chi connectivity index (χ2v) is 5.15. The van der Waals surface area contributed by atoms with Gasteiger partial charge in [0.1, 0.15) is 21.8 Å². The molecule has 20 heavy (non-hydrogen) atoms. The molecule has 2 aromatic rings. The topological polar surface area (TPSA) is 52.4 Å². The van der Waals surface area contributed by atoms with Gasteiger partial charge in [-0.15, -0.1) is 0 Å². The van der Waals surface area contributed by atoms with Gasteiger partial charge in [-0.2, -0.15) is 0 Å². The summed E-state index contributed by atoms with van der Waals surface area (Å²) in [5.74, 6) is 0.163. The van der Waals surface area contributed by atoms with E-state index in [0.717, 1.165) is 0 Å². The van der Waals surface area contributed by atoms with Crippen molar-refractivity contribution in [2.24, 2.45) is 0 Å². The lowest BCUT2D eigenvalue weighted by atomic mass is 10.2. The van der Waals surface area contributed by atoms with Crippen LogP contribution in [-0.2, 0) is 5.33 Å². The Morgan fingerprint density at radius 3 is 2.50 bits per heavy atom. The van der Waals surface area contributed by atoms with Gasteiger partial charge in [-0.3, -0.25) is 10.1 Å². The quantitative estimate of drug-likeness (QED) is 0.400. The van der Waals surface area contributed by atoms with Crippen LogP contribution in [0.1, 0.15) is 5.56 Å². The third-order valence-corrected chi connectivity index (χ3v) is 3.93. The molecular weight excluding hydrogens is 397 g/mol. The molecule has 4 nitrogen and oxygen atoms in total. The van der Waals surface area contributed by atoms with Crippen molar-refractivity contribution in [3.8, 4) is 11.5 Å². The molecule has 104 valence electrons. The molecule has 2 rings (SSSR count). The van der Waals surface area contributed by atoms with Crippen molar-refractivity contribution in [1.29, 1.82) is 0 Å². The average Bonchev–Trinajstić information content (AvgIpc) is 2.41. The van der Waals surface area contributed by atoms with Crippen LogP contribution < -0.4 is 4.74 Å². The summed E-state index contributed by atoms with van der Waals surface area (Å²) in [5, 5.41) is 11.1. The van der Waals surface area contributed by atoms with Crippen molar-refractivity contribution >= 4 is 37.5 Å². The van der Waals surface area contributed by atoms with E-state index in [1.54, 1.807) is 12.1 Å². The highest BCUT2D eigenvalue weighted by Gasteiger charge is 2.17. The first-order valence-electron chi connectivity index (χ1n) is 5.48. The van der Waals surface area contributed by atoms with E-state index < -0.39 is 10.7 Å². The van der Waals surface area contributed by atoms with E-state index >= 15 is 0 Å². The maximum absolute atomic E-state index is 13.6. The highest BCUT2D eigenvalue weighted by atomic mass is 79.9. The lowest BCUT2D eigenvalue weighted by Gasteiger charge is -2.11. The number of nitrogens with zero attached hydrogens (tertiary/aromatic N) is 1. The van der Waals surface area contributed by atoms with Gasteiger partial charge in [-0.05, 0) is 34.1 Å². The number of hydrogen-bond acceptors (Lipinski definition) is 3.